The van der Waals surface area contributed by atoms with Crippen LogP contribution in [0.5, 0.6) is 0 Å². The van der Waals surface area contributed by atoms with E-state index < -0.39 is 45.7 Å². The fraction of sp³-hybridized carbons (Fsp3) is 0.500. The summed E-state index contributed by atoms with van der Waals surface area (Å²) >= 11 is 0. The molecule has 0 saturated heterocycles. The molecular weight excluding hydrogens is 437 g/mol. The standard InChI is InChI=1S/C16H18F9NO2Si/c1-4-29(2,3)12-7-5-6-11(8-12)26-10-27-14(15(20,21)22,16(23,24)25)28-13(18,19)9-17/h4-8,26H,1,9-10H2,2-3H3. The van der Waals surface area contributed by atoms with Crippen molar-refractivity contribution in [3.63, 3.8) is 0 Å². The molecule has 0 heterocycles. The average Bonchev–Trinajstić information content (AvgIpc) is 2.59. The van der Waals surface area contributed by atoms with Gasteiger partial charge in [-0.2, -0.15) is 35.1 Å². The van der Waals surface area contributed by atoms with Gasteiger partial charge in [-0.1, -0.05) is 36.1 Å². The number of hydrogen-bond acceptors (Lipinski definition) is 3. The Morgan fingerprint density at radius 1 is 1.03 bits per heavy atom. The van der Waals surface area contributed by atoms with Gasteiger partial charge in [0.2, 0.25) is 0 Å². The molecular formula is C16H18F9NO2Si. The lowest BCUT2D eigenvalue weighted by molar-refractivity contribution is -0.512. The summed E-state index contributed by atoms with van der Waals surface area (Å²) in [5.41, 5.74) is 1.77. The maximum Gasteiger partial charge on any atom is 0.453 e. The third-order valence-corrected chi connectivity index (χ3v) is 6.68. The van der Waals surface area contributed by atoms with Crippen LogP contribution in [0.1, 0.15) is 0 Å². The fourth-order valence-corrected chi connectivity index (χ4v) is 3.36. The first kappa shape index (κ1) is 25.3. The Balaban J connectivity index is 3.14. The average molecular weight is 455 g/mol. The van der Waals surface area contributed by atoms with Crippen LogP contribution < -0.4 is 10.5 Å². The summed E-state index contributed by atoms with van der Waals surface area (Å²) < 4.78 is 123. The molecule has 3 nitrogen and oxygen atoms in total. The molecule has 0 aliphatic carbocycles. The molecule has 0 aromatic heterocycles. The molecule has 0 saturated carbocycles. The second-order valence-corrected chi connectivity index (χ2v) is 10.9. The van der Waals surface area contributed by atoms with Crippen LogP contribution in [0.3, 0.4) is 0 Å². The molecule has 0 fully saturated rings. The molecule has 0 spiro atoms. The Hall–Kier alpha value is -1.73. The maximum atomic E-state index is 13.1. The van der Waals surface area contributed by atoms with Crippen LogP contribution in [-0.2, 0) is 9.47 Å². The molecule has 1 aromatic carbocycles. The minimum absolute atomic E-state index is 0.0698. The molecule has 1 rings (SSSR count). The van der Waals surface area contributed by atoms with E-state index in [-0.39, 0.29) is 5.69 Å². The molecule has 1 N–H and O–H groups in total. The van der Waals surface area contributed by atoms with Crippen LogP contribution in [0.2, 0.25) is 13.1 Å². The highest BCUT2D eigenvalue weighted by Gasteiger charge is 2.77. The number of rotatable bonds is 9. The molecule has 29 heavy (non-hydrogen) atoms. The summed E-state index contributed by atoms with van der Waals surface area (Å²) in [6.45, 7) is 3.03. The maximum absolute atomic E-state index is 13.1. The number of halogens is 9. The Bertz CT molecular complexity index is 690. The van der Waals surface area contributed by atoms with Crippen LogP contribution >= 0.6 is 0 Å². The lowest BCUT2D eigenvalue weighted by atomic mass is 10.2. The number of ether oxygens (including phenoxy) is 2. The third kappa shape index (κ3) is 5.89. The molecule has 0 bridgehead atoms. The van der Waals surface area contributed by atoms with Crippen LogP contribution in [-0.4, -0.2) is 45.7 Å². The zero-order valence-corrected chi connectivity index (χ0v) is 16.2. The van der Waals surface area contributed by atoms with Crippen molar-refractivity contribution in [2.45, 2.75) is 37.3 Å². The summed E-state index contributed by atoms with van der Waals surface area (Å²) in [4.78, 5) is 0. The normalized spacial score (nSPS) is 14.0. The predicted molar refractivity (Wildman–Crippen MR) is 90.2 cm³/mol. The van der Waals surface area contributed by atoms with E-state index in [0.29, 0.717) is 0 Å². The Morgan fingerprint density at radius 3 is 2.03 bits per heavy atom. The van der Waals surface area contributed by atoms with Gasteiger partial charge in [-0.25, -0.2) is 4.39 Å². The Kier molecular flexibility index (Phi) is 7.47. The predicted octanol–water partition coefficient (Wildman–Crippen LogP) is 5.11. The molecule has 1 aromatic rings. The van der Waals surface area contributed by atoms with Crippen LogP contribution in [0.15, 0.2) is 36.5 Å². The summed E-state index contributed by atoms with van der Waals surface area (Å²) in [5, 5.41) is 2.88. The zero-order valence-electron chi connectivity index (χ0n) is 15.2. The van der Waals surface area contributed by atoms with E-state index in [2.05, 4.69) is 21.4 Å². The van der Waals surface area contributed by atoms with E-state index in [1.165, 1.54) is 18.2 Å². The third-order valence-electron chi connectivity index (χ3n) is 3.86. The van der Waals surface area contributed by atoms with Gasteiger partial charge in [-0.15, -0.1) is 6.58 Å². The highest BCUT2D eigenvalue weighted by Crippen LogP contribution is 2.49. The topological polar surface area (TPSA) is 30.5 Å². The van der Waals surface area contributed by atoms with Gasteiger partial charge in [0.1, 0.15) is 14.8 Å². The van der Waals surface area contributed by atoms with Crippen LogP contribution in [0.4, 0.5) is 45.2 Å². The second-order valence-electron chi connectivity index (χ2n) is 6.46. The van der Waals surface area contributed by atoms with Gasteiger partial charge >= 0.3 is 24.2 Å². The van der Waals surface area contributed by atoms with Gasteiger partial charge in [0.05, 0.1) is 0 Å². The largest absolute Gasteiger partial charge is 0.453 e. The van der Waals surface area contributed by atoms with E-state index in [4.69, 9.17) is 0 Å². The number of nitrogens with one attached hydrogen (secondary N) is 1. The van der Waals surface area contributed by atoms with E-state index in [0.717, 1.165) is 5.19 Å². The van der Waals surface area contributed by atoms with Crippen molar-refractivity contribution in [3.8, 4) is 0 Å². The molecule has 0 aliphatic rings. The zero-order chi connectivity index (χ0) is 22.7. The highest BCUT2D eigenvalue weighted by molar-refractivity contribution is 6.93. The van der Waals surface area contributed by atoms with E-state index in [1.807, 2.05) is 13.1 Å². The smallest absolute Gasteiger partial charge is 0.363 e. The fourth-order valence-electron chi connectivity index (χ4n) is 2.08. The molecule has 0 unspecified atom stereocenters. The van der Waals surface area contributed by atoms with Crippen LogP contribution in [0.25, 0.3) is 0 Å². The lowest BCUT2D eigenvalue weighted by Gasteiger charge is -2.37. The van der Waals surface area contributed by atoms with E-state index >= 15 is 0 Å². The molecule has 0 aliphatic heterocycles. The van der Waals surface area contributed by atoms with Crippen molar-refractivity contribution < 1.29 is 49.0 Å². The lowest BCUT2D eigenvalue weighted by Crippen LogP contribution is -2.63. The van der Waals surface area contributed by atoms with Gasteiger partial charge in [0.15, 0.2) is 6.67 Å². The van der Waals surface area contributed by atoms with Crippen molar-refractivity contribution >= 4 is 18.9 Å². The summed E-state index contributed by atoms with van der Waals surface area (Å²) in [5.74, 6) is -5.74. The van der Waals surface area contributed by atoms with E-state index in [9.17, 15) is 39.5 Å². The van der Waals surface area contributed by atoms with E-state index in [1.54, 1.807) is 11.8 Å². The molecule has 0 amide bonds. The molecule has 0 atom stereocenters. The van der Waals surface area contributed by atoms with Gasteiger partial charge < -0.3 is 10.1 Å². The van der Waals surface area contributed by atoms with Crippen molar-refractivity contribution in [2.24, 2.45) is 0 Å². The number of benzene rings is 1. The van der Waals surface area contributed by atoms with Gasteiger partial charge in [-0.3, -0.25) is 4.74 Å². The highest BCUT2D eigenvalue weighted by atomic mass is 28.3. The SMILES string of the molecule is C=C[Si](C)(C)c1cccc(NCOC(OC(F)(F)CF)(C(F)(F)F)C(F)(F)F)c1. The number of hydrogen-bond donors (Lipinski definition) is 1. The first-order valence-electron chi connectivity index (χ1n) is 7.91. The first-order chi connectivity index (χ1) is 13.0. The first-order valence-corrected chi connectivity index (χ1v) is 11.0. The van der Waals surface area contributed by atoms with Gasteiger partial charge in [0.25, 0.3) is 0 Å². The monoisotopic (exact) mass is 455 g/mol. The van der Waals surface area contributed by atoms with Gasteiger partial charge in [-0.05, 0) is 12.1 Å². The summed E-state index contributed by atoms with van der Waals surface area (Å²) in [7, 11) is -2.10. The summed E-state index contributed by atoms with van der Waals surface area (Å²) in [6.07, 6.45) is -18.3. The van der Waals surface area contributed by atoms with Crippen LogP contribution in [0, 0.1) is 0 Å². The molecule has 0 radical (unpaired) electrons. The quantitative estimate of drug-likeness (QED) is 0.319. The summed E-state index contributed by atoms with van der Waals surface area (Å²) in [6, 6.07) is 5.96. The minimum Gasteiger partial charge on any atom is -0.363 e. The van der Waals surface area contributed by atoms with Crippen molar-refractivity contribution in [1.29, 1.82) is 0 Å². The Morgan fingerprint density at radius 2 is 1.59 bits per heavy atom. The molecule has 166 valence electrons. The van der Waals surface area contributed by atoms with Crippen molar-refractivity contribution in [1.82, 2.24) is 0 Å². The Labute approximate surface area is 161 Å². The number of anilines is 1. The second kappa shape index (κ2) is 8.56. The minimum atomic E-state index is -6.48. The number of alkyl halides is 9. The van der Waals surface area contributed by atoms with Crippen molar-refractivity contribution in [2.75, 3.05) is 18.7 Å². The van der Waals surface area contributed by atoms with Crippen molar-refractivity contribution in [3.05, 3.63) is 36.5 Å². The van der Waals surface area contributed by atoms with Gasteiger partial charge in [0, 0.05) is 5.69 Å². The molecule has 13 heteroatoms.